The zero-order chi connectivity index (χ0) is 21.7. The summed E-state index contributed by atoms with van der Waals surface area (Å²) in [5, 5.41) is 6.12. The van der Waals surface area contributed by atoms with Crippen molar-refractivity contribution in [3.8, 4) is 11.5 Å². The second-order valence-corrected chi connectivity index (χ2v) is 8.03. The van der Waals surface area contributed by atoms with Crippen molar-refractivity contribution in [2.24, 2.45) is 5.92 Å². The molecule has 0 radical (unpaired) electrons. The van der Waals surface area contributed by atoms with E-state index < -0.39 is 6.04 Å². The number of amides is 2. The molecule has 0 bridgehead atoms. The molecule has 0 aliphatic rings. The van der Waals surface area contributed by atoms with E-state index in [1.807, 2.05) is 39.0 Å². The summed E-state index contributed by atoms with van der Waals surface area (Å²) in [6.45, 7) is 6.21. The second-order valence-electron chi connectivity index (χ2n) is 6.99. The van der Waals surface area contributed by atoms with Crippen molar-refractivity contribution in [2.45, 2.75) is 26.8 Å². The maximum absolute atomic E-state index is 12.9. The number of hydrogen-bond acceptors (Lipinski definition) is 6. The molecule has 0 aliphatic carbocycles. The molecule has 30 heavy (non-hydrogen) atoms. The fraction of sp³-hybridized carbons (Fsp3) is 0.318. The van der Waals surface area contributed by atoms with Gasteiger partial charge in [0.2, 0.25) is 5.91 Å². The van der Waals surface area contributed by atoms with Gasteiger partial charge in [-0.05, 0) is 55.3 Å². The molecule has 1 atom stereocenters. The smallest absolute Gasteiger partial charge is 0.251 e. The third kappa shape index (κ3) is 5.07. The van der Waals surface area contributed by atoms with E-state index in [0.717, 1.165) is 16.0 Å². The molecule has 0 spiro atoms. The average molecular weight is 428 g/mol. The number of aromatic nitrogens is 1. The van der Waals surface area contributed by atoms with E-state index in [-0.39, 0.29) is 17.7 Å². The van der Waals surface area contributed by atoms with Gasteiger partial charge in [0, 0.05) is 5.56 Å². The van der Waals surface area contributed by atoms with E-state index >= 15 is 0 Å². The third-order valence-corrected chi connectivity index (χ3v) is 5.42. The number of rotatable bonds is 8. The molecule has 0 aliphatic heterocycles. The number of nitrogens with one attached hydrogen (secondary N) is 2. The summed E-state index contributed by atoms with van der Waals surface area (Å²) >= 11 is 1.36. The van der Waals surface area contributed by atoms with Crippen LogP contribution in [0.4, 0.5) is 5.13 Å². The second kappa shape index (κ2) is 9.58. The molecular formula is C22H25N3O4S. The van der Waals surface area contributed by atoms with Gasteiger partial charge in [0.25, 0.3) is 5.91 Å². The summed E-state index contributed by atoms with van der Waals surface area (Å²) < 4.78 is 11.5. The van der Waals surface area contributed by atoms with Crippen molar-refractivity contribution in [3.05, 3.63) is 48.0 Å². The molecule has 158 valence electrons. The van der Waals surface area contributed by atoms with Crippen LogP contribution < -0.4 is 20.1 Å². The zero-order valence-corrected chi connectivity index (χ0v) is 18.2. The number of benzene rings is 2. The van der Waals surface area contributed by atoms with E-state index in [1.165, 1.54) is 11.3 Å². The lowest BCUT2D eigenvalue weighted by molar-refractivity contribution is -0.118. The minimum absolute atomic E-state index is 0.105. The van der Waals surface area contributed by atoms with Gasteiger partial charge in [-0.2, -0.15) is 0 Å². The largest absolute Gasteiger partial charge is 0.497 e. The Hall–Kier alpha value is -3.13. The average Bonchev–Trinajstić information content (AvgIpc) is 3.13. The van der Waals surface area contributed by atoms with Crippen molar-refractivity contribution in [3.63, 3.8) is 0 Å². The van der Waals surface area contributed by atoms with Crippen molar-refractivity contribution < 1.29 is 19.1 Å². The summed E-state index contributed by atoms with van der Waals surface area (Å²) in [6.07, 6.45) is 0. The molecule has 8 heteroatoms. The number of thiazole rings is 1. The minimum atomic E-state index is -0.703. The van der Waals surface area contributed by atoms with Crippen LogP contribution in [0.15, 0.2) is 42.5 Å². The number of ether oxygens (including phenoxy) is 2. The van der Waals surface area contributed by atoms with Gasteiger partial charge in [0.15, 0.2) is 5.13 Å². The van der Waals surface area contributed by atoms with Crippen LogP contribution in [0, 0.1) is 5.92 Å². The summed E-state index contributed by atoms with van der Waals surface area (Å²) in [6, 6.07) is 11.7. The number of nitrogens with zero attached hydrogens (tertiary/aromatic N) is 1. The highest BCUT2D eigenvalue weighted by Crippen LogP contribution is 2.29. The standard InChI is InChI=1S/C22H25N3O4S/c1-5-29-15-8-6-14(7-9-15)20(26)24-19(13(2)3)21(27)25-22-23-17-11-10-16(28-4)12-18(17)30-22/h6-13,19H,5H2,1-4H3,(H,24,26)(H,23,25,27). The van der Waals surface area contributed by atoms with E-state index in [4.69, 9.17) is 9.47 Å². The minimum Gasteiger partial charge on any atom is -0.497 e. The van der Waals surface area contributed by atoms with Crippen molar-refractivity contribution in [1.82, 2.24) is 10.3 Å². The maximum atomic E-state index is 12.9. The van der Waals surface area contributed by atoms with Gasteiger partial charge in [-0.25, -0.2) is 4.98 Å². The molecule has 3 aromatic rings. The number of fused-ring (bicyclic) bond motifs is 1. The van der Waals surface area contributed by atoms with Crippen LogP contribution in [-0.2, 0) is 4.79 Å². The molecule has 0 saturated carbocycles. The Morgan fingerprint density at radius 2 is 1.80 bits per heavy atom. The quantitative estimate of drug-likeness (QED) is 0.565. The lowest BCUT2D eigenvalue weighted by Gasteiger charge is -2.21. The van der Waals surface area contributed by atoms with Gasteiger partial charge >= 0.3 is 0 Å². The van der Waals surface area contributed by atoms with Gasteiger partial charge < -0.3 is 20.1 Å². The van der Waals surface area contributed by atoms with Gasteiger partial charge in [0.05, 0.1) is 23.9 Å². The molecule has 1 heterocycles. The molecule has 0 saturated heterocycles. The summed E-state index contributed by atoms with van der Waals surface area (Å²) in [4.78, 5) is 29.9. The van der Waals surface area contributed by atoms with E-state index in [0.29, 0.717) is 23.1 Å². The van der Waals surface area contributed by atoms with Crippen molar-refractivity contribution >= 4 is 38.5 Å². The lowest BCUT2D eigenvalue weighted by Crippen LogP contribution is -2.47. The van der Waals surface area contributed by atoms with Crippen LogP contribution in [-0.4, -0.2) is 36.6 Å². The number of methoxy groups -OCH3 is 1. The van der Waals surface area contributed by atoms with Crippen molar-refractivity contribution in [1.29, 1.82) is 0 Å². The van der Waals surface area contributed by atoms with E-state index in [1.54, 1.807) is 31.4 Å². The van der Waals surface area contributed by atoms with Crippen LogP contribution in [0.25, 0.3) is 10.2 Å². The zero-order valence-electron chi connectivity index (χ0n) is 17.4. The third-order valence-electron chi connectivity index (χ3n) is 4.49. The molecule has 2 aromatic carbocycles. The molecule has 2 amide bonds. The topological polar surface area (TPSA) is 89.5 Å². The number of carbonyl (C=O) groups is 2. The van der Waals surface area contributed by atoms with Crippen molar-refractivity contribution in [2.75, 3.05) is 19.0 Å². The van der Waals surface area contributed by atoms with E-state index in [9.17, 15) is 9.59 Å². The first-order chi connectivity index (χ1) is 14.4. The first-order valence-corrected chi connectivity index (χ1v) is 10.5. The number of anilines is 1. The normalized spacial score (nSPS) is 11.9. The van der Waals surface area contributed by atoms with Crippen LogP contribution >= 0.6 is 11.3 Å². The predicted molar refractivity (Wildman–Crippen MR) is 119 cm³/mol. The van der Waals surface area contributed by atoms with Crippen LogP contribution in [0.1, 0.15) is 31.1 Å². The van der Waals surface area contributed by atoms with Gasteiger partial charge in [-0.15, -0.1) is 0 Å². The van der Waals surface area contributed by atoms with Gasteiger partial charge in [-0.3, -0.25) is 9.59 Å². The number of hydrogen-bond donors (Lipinski definition) is 2. The predicted octanol–water partition coefficient (Wildman–Crippen LogP) is 4.10. The monoisotopic (exact) mass is 427 g/mol. The Morgan fingerprint density at radius 3 is 2.43 bits per heavy atom. The number of carbonyl (C=O) groups excluding carboxylic acids is 2. The molecule has 7 nitrogen and oxygen atoms in total. The van der Waals surface area contributed by atoms with Crippen LogP contribution in [0.5, 0.6) is 11.5 Å². The summed E-state index contributed by atoms with van der Waals surface area (Å²) in [5.41, 5.74) is 1.24. The molecule has 0 fully saturated rings. The first kappa shape index (κ1) is 21.6. The fourth-order valence-corrected chi connectivity index (χ4v) is 3.79. The molecule has 3 rings (SSSR count). The molecule has 1 aromatic heterocycles. The van der Waals surface area contributed by atoms with Gasteiger partial charge in [-0.1, -0.05) is 25.2 Å². The fourth-order valence-electron chi connectivity index (χ4n) is 2.90. The Morgan fingerprint density at radius 1 is 1.10 bits per heavy atom. The Labute approximate surface area is 179 Å². The molecular weight excluding hydrogens is 402 g/mol. The Balaban J connectivity index is 1.70. The molecule has 2 N–H and O–H groups in total. The van der Waals surface area contributed by atoms with Crippen LogP contribution in [0.2, 0.25) is 0 Å². The SMILES string of the molecule is CCOc1ccc(C(=O)NC(C(=O)Nc2nc3ccc(OC)cc3s2)C(C)C)cc1. The summed E-state index contributed by atoms with van der Waals surface area (Å²) in [5.74, 6) is 0.689. The Kier molecular flexibility index (Phi) is 6.89. The highest BCUT2D eigenvalue weighted by atomic mass is 32.1. The molecule has 1 unspecified atom stereocenters. The van der Waals surface area contributed by atoms with E-state index in [2.05, 4.69) is 15.6 Å². The maximum Gasteiger partial charge on any atom is 0.251 e. The lowest BCUT2D eigenvalue weighted by atomic mass is 10.0. The highest BCUT2D eigenvalue weighted by molar-refractivity contribution is 7.22. The highest BCUT2D eigenvalue weighted by Gasteiger charge is 2.25. The Bertz CT molecular complexity index is 1030. The first-order valence-electron chi connectivity index (χ1n) is 9.70. The summed E-state index contributed by atoms with van der Waals surface area (Å²) in [7, 11) is 1.60. The van der Waals surface area contributed by atoms with Crippen LogP contribution in [0.3, 0.4) is 0 Å². The van der Waals surface area contributed by atoms with Gasteiger partial charge in [0.1, 0.15) is 17.5 Å².